The number of hydrogen-bond donors (Lipinski definition) is 0. The largest absolute Gasteiger partial charge is 0.473 e. The molecule has 136 valence electrons. The zero-order valence-corrected chi connectivity index (χ0v) is 15.7. The molecule has 0 aliphatic carbocycles. The lowest BCUT2D eigenvalue weighted by Crippen LogP contribution is -2.21. The highest BCUT2D eigenvalue weighted by molar-refractivity contribution is 4.81. The van der Waals surface area contributed by atoms with Gasteiger partial charge < -0.3 is 9.47 Å². The van der Waals surface area contributed by atoms with E-state index in [4.69, 9.17) is 9.47 Å². The van der Waals surface area contributed by atoms with E-state index in [0.717, 1.165) is 12.8 Å². The van der Waals surface area contributed by atoms with Crippen LogP contribution in [-0.2, 0) is 9.47 Å². The van der Waals surface area contributed by atoms with Gasteiger partial charge in [0, 0.05) is 6.42 Å². The molecule has 0 saturated carbocycles. The summed E-state index contributed by atoms with van der Waals surface area (Å²) in [6.07, 6.45) is 23.8. The summed E-state index contributed by atoms with van der Waals surface area (Å²) in [5.41, 5.74) is 0. The van der Waals surface area contributed by atoms with E-state index in [1.54, 1.807) is 0 Å². The van der Waals surface area contributed by atoms with Crippen molar-refractivity contribution in [1.29, 1.82) is 0 Å². The van der Waals surface area contributed by atoms with Crippen molar-refractivity contribution in [2.45, 2.75) is 123 Å². The predicted octanol–water partition coefficient (Wildman–Crippen LogP) is 7.13. The smallest absolute Gasteiger partial charge is 0.199 e. The number of unbranched alkanes of at least 4 members (excludes halogenated alkanes) is 10. The number of hydrogen-bond acceptors (Lipinski definition) is 2. The SMILES string of the molecule is CCCCCCCCCCC[C@@H]1OC=CC[C@@H](CCCCC)O1. The van der Waals surface area contributed by atoms with Crippen LogP contribution in [0.2, 0.25) is 0 Å². The molecule has 1 aliphatic rings. The van der Waals surface area contributed by atoms with Gasteiger partial charge in [0.1, 0.15) is 0 Å². The van der Waals surface area contributed by atoms with E-state index in [1.807, 2.05) is 6.26 Å². The minimum Gasteiger partial charge on any atom is -0.473 e. The highest BCUT2D eigenvalue weighted by Crippen LogP contribution is 2.20. The number of rotatable bonds is 14. The Kier molecular flexibility index (Phi) is 13.4. The minimum absolute atomic E-state index is 0.00932. The molecule has 0 saturated heterocycles. The molecule has 0 bridgehead atoms. The van der Waals surface area contributed by atoms with Crippen molar-refractivity contribution in [3.8, 4) is 0 Å². The Morgan fingerprint density at radius 1 is 0.739 bits per heavy atom. The van der Waals surface area contributed by atoms with Gasteiger partial charge in [0.25, 0.3) is 0 Å². The van der Waals surface area contributed by atoms with Crippen LogP contribution in [0.25, 0.3) is 0 Å². The third-order valence-corrected chi connectivity index (χ3v) is 4.74. The van der Waals surface area contributed by atoms with Crippen LogP contribution < -0.4 is 0 Å². The van der Waals surface area contributed by atoms with Gasteiger partial charge in [0.2, 0.25) is 0 Å². The van der Waals surface area contributed by atoms with Crippen LogP contribution in [0, 0.1) is 0 Å². The first-order valence-corrected chi connectivity index (χ1v) is 10.3. The van der Waals surface area contributed by atoms with Crippen molar-refractivity contribution >= 4 is 0 Å². The Bertz CT molecular complexity index is 275. The van der Waals surface area contributed by atoms with E-state index in [1.165, 1.54) is 83.5 Å². The average molecular weight is 325 g/mol. The molecular weight excluding hydrogens is 284 g/mol. The molecule has 0 spiro atoms. The van der Waals surface area contributed by atoms with Gasteiger partial charge in [-0.05, 0) is 25.3 Å². The zero-order chi connectivity index (χ0) is 16.6. The summed E-state index contributed by atoms with van der Waals surface area (Å²) in [4.78, 5) is 0. The first kappa shape index (κ1) is 20.5. The van der Waals surface area contributed by atoms with Crippen LogP contribution in [0.1, 0.15) is 110 Å². The fourth-order valence-electron chi connectivity index (χ4n) is 3.22. The summed E-state index contributed by atoms with van der Waals surface area (Å²) < 4.78 is 11.9. The Morgan fingerprint density at radius 3 is 2.00 bits per heavy atom. The highest BCUT2D eigenvalue weighted by atomic mass is 16.7. The van der Waals surface area contributed by atoms with E-state index >= 15 is 0 Å². The molecule has 2 atom stereocenters. The van der Waals surface area contributed by atoms with E-state index in [-0.39, 0.29) is 6.29 Å². The lowest BCUT2D eigenvalue weighted by molar-refractivity contribution is -0.139. The Balaban J connectivity index is 2.01. The average Bonchev–Trinajstić information content (AvgIpc) is 2.79. The van der Waals surface area contributed by atoms with Crippen molar-refractivity contribution < 1.29 is 9.47 Å². The number of ether oxygens (including phenoxy) is 2. The molecule has 0 unspecified atom stereocenters. The molecule has 2 nitrogen and oxygen atoms in total. The fraction of sp³-hybridized carbons (Fsp3) is 0.905. The summed E-state index contributed by atoms with van der Waals surface area (Å²) in [5, 5.41) is 0. The summed E-state index contributed by atoms with van der Waals surface area (Å²) in [7, 11) is 0. The molecule has 23 heavy (non-hydrogen) atoms. The van der Waals surface area contributed by atoms with Crippen molar-refractivity contribution in [3.05, 3.63) is 12.3 Å². The monoisotopic (exact) mass is 324 g/mol. The maximum Gasteiger partial charge on any atom is 0.199 e. The van der Waals surface area contributed by atoms with Gasteiger partial charge in [0.05, 0.1) is 12.4 Å². The summed E-state index contributed by atoms with van der Waals surface area (Å²) in [5.74, 6) is 0. The van der Waals surface area contributed by atoms with Gasteiger partial charge in [0.15, 0.2) is 6.29 Å². The molecule has 2 heteroatoms. The fourth-order valence-corrected chi connectivity index (χ4v) is 3.22. The second-order valence-electron chi connectivity index (χ2n) is 7.04. The lowest BCUT2D eigenvalue weighted by Gasteiger charge is -2.21. The quantitative estimate of drug-likeness (QED) is 0.316. The lowest BCUT2D eigenvalue weighted by atomic mass is 10.1. The van der Waals surface area contributed by atoms with Gasteiger partial charge in [-0.15, -0.1) is 0 Å². The van der Waals surface area contributed by atoms with Gasteiger partial charge in [-0.3, -0.25) is 0 Å². The molecule has 0 N–H and O–H groups in total. The van der Waals surface area contributed by atoms with Gasteiger partial charge in [-0.2, -0.15) is 0 Å². The normalized spacial score (nSPS) is 21.1. The molecular formula is C21H40O2. The van der Waals surface area contributed by atoms with Crippen molar-refractivity contribution in [1.82, 2.24) is 0 Å². The van der Waals surface area contributed by atoms with E-state index in [2.05, 4.69) is 19.9 Å². The van der Waals surface area contributed by atoms with Crippen LogP contribution in [-0.4, -0.2) is 12.4 Å². The van der Waals surface area contributed by atoms with Gasteiger partial charge >= 0.3 is 0 Å². The van der Waals surface area contributed by atoms with E-state index in [0.29, 0.717) is 6.10 Å². The van der Waals surface area contributed by atoms with E-state index < -0.39 is 0 Å². The Morgan fingerprint density at radius 2 is 1.30 bits per heavy atom. The Labute approximate surface area is 145 Å². The summed E-state index contributed by atoms with van der Waals surface area (Å²) in [6.45, 7) is 4.53. The predicted molar refractivity (Wildman–Crippen MR) is 99.5 cm³/mol. The second kappa shape index (κ2) is 15.1. The first-order valence-electron chi connectivity index (χ1n) is 10.3. The second-order valence-corrected chi connectivity index (χ2v) is 7.04. The third kappa shape index (κ3) is 11.6. The first-order chi connectivity index (χ1) is 11.4. The van der Waals surface area contributed by atoms with Gasteiger partial charge in [-0.25, -0.2) is 0 Å². The van der Waals surface area contributed by atoms with Crippen molar-refractivity contribution in [2.75, 3.05) is 0 Å². The van der Waals surface area contributed by atoms with Crippen LogP contribution in [0.3, 0.4) is 0 Å². The molecule has 0 amide bonds. The minimum atomic E-state index is -0.00932. The molecule has 0 fully saturated rings. The van der Waals surface area contributed by atoms with Crippen LogP contribution in [0.15, 0.2) is 12.3 Å². The maximum atomic E-state index is 6.15. The summed E-state index contributed by atoms with van der Waals surface area (Å²) in [6, 6.07) is 0. The van der Waals surface area contributed by atoms with Crippen LogP contribution in [0.5, 0.6) is 0 Å². The van der Waals surface area contributed by atoms with Crippen LogP contribution >= 0.6 is 0 Å². The molecule has 0 aromatic rings. The van der Waals surface area contributed by atoms with Gasteiger partial charge in [-0.1, -0.05) is 84.5 Å². The van der Waals surface area contributed by atoms with Crippen molar-refractivity contribution in [3.63, 3.8) is 0 Å². The molecule has 0 aromatic carbocycles. The highest BCUT2D eigenvalue weighted by Gasteiger charge is 2.18. The molecule has 1 aliphatic heterocycles. The summed E-state index contributed by atoms with van der Waals surface area (Å²) >= 11 is 0. The molecule has 0 radical (unpaired) electrons. The zero-order valence-electron chi connectivity index (χ0n) is 15.7. The topological polar surface area (TPSA) is 18.5 Å². The molecule has 1 rings (SSSR count). The van der Waals surface area contributed by atoms with E-state index in [9.17, 15) is 0 Å². The Hall–Kier alpha value is -0.500. The standard InChI is InChI=1S/C21H40O2/c1-3-5-7-8-9-10-11-12-14-18-21-22-19-15-17-20(23-21)16-13-6-4-2/h15,19-21H,3-14,16-18H2,1-2H3/t20-,21-/m1/s1. The van der Waals surface area contributed by atoms with Crippen LogP contribution in [0.4, 0.5) is 0 Å². The molecule has 1 heterocycles. The molecule has 0 aromatic heterocycles. The third-order valence-electron chi connectivity index (χ3n) is 4.74. The van der Waals surface area contributed by atoms with Crippen molar-refractivity contribution in [2.24, 2.45) is 0 Å². The maximum absolute atomic E-state index is 6.15.